The van der Waals surface area contributed by atoms with Gasteiger partial charge < -0.3 is 8.98 Å². The molecule has 0 fully saturated rings. The lowest BCUT2D eigenvalue weighted by atomic mass is 10.2. The summed E-state index contributed by atoms with van der Waals surface area (Å²) in [4.78, 5) is 16.4. The lowest BCUT2D eigenvalue weighted by Gasteiger charge is -2.07. The van der Waals surface area contributed by atoms with Gasteiger partial charge >= 0.3 is 0 Å². The molecule has 3 heterocycles. The van der Waals surface area contributed by atoms with Gasteiger partial charge in [0.1, 0.15) is 11.6 Å². The molecule has 4 rings (SSSR count). The van der Waals surface area contributed by atoms with E-state index in [9.17, 15) is 4.79 Å². The van der Waals surface area contributed by atoms with Gasteiger partial charge in [0.25, 0.3) is 5.56 Å². The average molecular weight is 264 g/mol. The molecule has 1 aliphatic heterocycles. The number of allylic oxidation sites excluding steroid dienone is 1. The van der Waals surface area contributed by atoms with Crippen LogP contribution in [0.15, 0.2) is 51.9 Å². The number of aromatic nitrogens is 2. The summed E-state index contributed by atoms with van der Waals surface area (Å²) in [5.41, 5.74) is 1.83. The quantitative estimate of drug-likeness (QED) is 0.679. The first kappa shape index (κ1) is 11.2. The maximum atomic E-state index is 12.1. The van der Waals surface area contributed by atoms with Crippen molar-refractivity contribution in [2.75, 3.05) is 0 Å². The highest BCUT2D eigenvalue weighted by molar-refractivity contribution is 5.85. The summed E-state index contributed by atoms with van der Waals surface area (Å²) in [6, 6.07) is 11.4. The number of nitrogens with zero attached hydrogens (tertiary/aromatic N) is 2. The van der Waals surface area contributed by atoms with Crippen LogP contribution in [0.4, 0.5) is 0 Å². The molecule has 0 saturated carbocycles. The Labute approximate surface area is 115 Å². The van der Waals surface area contributed by atoms with Crippen LogP contribution >= 0.6 is 0 Å². The normalized spacial score (nSPS) is 15.9. The van der Waals surface area contributed by atoms with Gasteiger partial charge in [-0.1, -0.05) is 12.1 Å². The highest BCUT2D eigenvalue weighted by Gasteiger charge is 2.20. The van der Waals surface area contributed by atoms with Crippen LogP contribution in [0.5, 0.6) is 0 Å². The molecule has 0 N–H and O–H groups in total. The molecular weight excluding hydrogens is 252 g/mol. The highest BCUT2D eigenvalue weighted by Crippen LogP contribution is 2.29. The summed E-state index contributed by atoms with van der Waals surface area (Å²) < 4.78 is 7.44. The molecule has 0 aliphatic carbocycles. The molecule has 3 aromatic rings. The van der Waals surface area contributed by atoms with E-state index in [1.165, 1.54) is 0 Å². The van der Waals surface area contributed by atoms with E-state index in [1.807, 2.05) is 42.5 Å². The molecule has 1 aliphatic rings. The molecule has 20 heavy (non-hydrogen) atoms. The Kier molecular flexibility index (Phi) is 2.36. The lowest BCUT2D eigenvalue weighted by Crippen LogP contribution is -2.14. The molecule has 4 nitrogen and oxygen atoms in total. The Hall–Kier alpha value is -2.62. The van der Waals surface area contributed by atoms with Gasteiger partial charge in [0.15, 0.2) is 0 Å². The average Bonchev–Trinajstić information content (AvgIpc) is 3.11. The van der Waals surface area contributed by atoms with Crippen molar-refractivity contribution in [3.8, 4) is 0 Å². The maximum absolute atomic E-state index is 12.1. The predicted octanol–water partition coefficient (Wildman–Crippen LogP) is 2.93. The van der Waals surface area contributed by atoms with Gasteiger partial charge in [-0.2, -0.15) is 4.98 Å². The van der Waals surface area contributed by atoms with E-state index >= 15 is 0 Å². The number of benzene rings is 1. The van der Waals surface area contributed by atoms with Crippen LogP contribution < -0.4 is 5.56 Å². The largest absolute Gasteiger partial charge is 0.465 e. The van der Waals surface area contributed by atoms with E-state index < -0.39 is 0 Å². The predicted molar refractivity (Wildman–Crippen MR) is 77.2 cm³/mol. The molecule has 0 bridgehead atoms. The Morgan fingerprint density at radius 1 is 1.20 bits per heavy atom. The molecular formula is C16H12N2O2. The maximum Gasteiger partial charge on any atom is 0.281 e. The fourth-order valence-corrected chi connectivity index (χ4v) is 2.72. The monoisotopic (exact) mass is 264 g/mol. The van der Waals surface area contributed by atoms with E-state index in [0.717, 1.165) is 35.6 Å². The second kappa shape index (κ2) is 4.20. The standard InChI is InChI=1S/C16H12N2O2/c19-16-13-5-1-2-6-14(13)18-8-7-11(15(18)17-16)10-12-4-3-9-20-12/h1-6,9-10H,7-8H2/b11-10-. The second-order valence-electron chi connectivity index (χ2n) is 4.84. The topological polar surface area (TPSA) is 48.0 Å². The van der Waals surface area contributed by atoms with E-state index in [0.29, 0.717) is 5.39 Å². The van der Waals surface area contributed by atoms with E-state index in [-0.39, 0.29) is 5.56 Å². The zero-order valence-electron chi connectivity index (χ0n) is 10.7. The van der Waals surface area contributed by atoms with Crippen molar-refractivity contribution < 1.29 is 4.42 Å². The molecule has 0 amide bonds. The Morgan fingerprint density at radius 2 is 2.10 bits per heavy atom. The van der Waals surface area contributed by atoms with Crippen LogP contribution in [0.2, 0.25) is 0 Å². The van der Waals surface area contributed by atoms with Gasteiger partial charge in [0.05, 0.1) is 17.2 Å². The van der Waals surface area contributed by atoms with Gasteiger partial charge in [-0.05, 0) is 36.8 Å². The molecule has 0 unspecified atom stereocenters. The summed E-state index contributed by atoms with van der Waals surface area (Å²) >= 11 is 0. The molecule has 0 spiro atoms. The number of fused-ring (bicyclic) bond motifs is 3. The van der Waals surface area contributed by atoms with Crippen LogP contribution in [0, 0.1) is 0 Å². The van der Waals surface area contributed by atoms with Gasteiger partial charge in [-0.15, -0.1) is 0 Å². The second-order valence-corrected chi connectivity index (χ2v) is 4.84. The smallest absolute Gasteiger partial charge is 0.281 e. The summed E-state index contributed by atoms with van der Waals surface area (Å²) in [6.45, 7) is 0.843. The minimum absolute atomic E-state index is 0.168. The van der Waals surface area contributed by atoms with Gasteiger partial charge in [0, 0.05) is 12.1 Å². The summed E-state index contributed by atoms with van der Waals surface area (Å²) in [5, 5.41) is 0.676. The van der Waals surface area contributed by atoms with Crippen molar-refractivity contribution in [3.63, 3.8) is 0 Å². The molecule has 0 atom stereocenters. The fraction of sp³-hybridized carbons (Fsp3) is 0.125. The minimum Gasteiger partial charge on any atom is -0.465 e. The molecule has 0 radical (unpaired) electrons. The van der Waals surface area contributed by atoms with Crippen molar-refractivity contribution >= 4 is 22.6 Å². The number of furan rings is 1. The molecule has 2 aromatic heterocycles. The van der Waals surface area contributed by atoms with Crippen molar-refractivity contribution in [1.82, 2.24) is 9.55 Å². The number of aryl methyl sites for hydroxylation is 1. The zero-order valence-corrected chi connectivity index (χ0v) is 10.7. The Morgan fingerprint density at radius 3 is 2.95 bits per heavy atom. The minimum atomic E-state index is -0.168. The molecule has 0 saturated heterocycles. The van der Waals surface area contributed by atoms with E-state index in [1.54, 1.807) is 6.26 Å². The third-order valence-corrected chi connectivity index (χ3v) is 3.64. The van der Waals surface area contributed by atoms with Crippen LogP contribution in [0.1, 0.15) is 18.0 Å². The van der Waals surface area contributed by atoms with Crippen LogP contribution in [-0.4, -0.2) is 9.55 Å². The van der Waals surface area contributed by atoms with Crippen molar-refractivity contribution in [3.05, 3.63) is 64.6 Å². The summed E-state index contributed by atoms with van der Waals surface area (Å²) in [6.07, 6.45) is 4.46. The third-order valence-electron chi connectivity index (χ3n) is 3.64. The molecule has 98 valence electrons. The summed E-state index contributed by atoms with van der Waals surface area (Å²) in [7, 11) is 0. The van der Waals surface area contributed by atoms with Crippen molar-refractivity contribution in [2.24, 2.45) is 0 Å². The van der Waals surface area contributed by atoms with Crippen LogP contribution in [0.25, 0.3) is 22.6 Å². The molecule has 4 heteroatoms. The first-order valence-electron chi connectivity index (χ1n) is 6.57. The third kappa shape index (κ3) is 1.61. The first-order chi connectivity index (χ1) is 9.83. The van der Waals surface area contributed by atoms with Gasteiger partial charge in [0.2, 0.25) is 0 Å². The number of rotatable bonds is 1. The van der Waals surface area contributed by atoms with Crippen molar-refractivity contribution in [1.29, 1.82) is 0 Å². The Bertz CT molecular complexity index is 873. The van der Waals surface area contributed by atoms with Crippen LogP contribution in [-0.2, 0) is 6.54 Å². The highest BCUT2D eigenvalue weighted by atomic mass is 16.3. The molecule has 1 aromatic carbocycles. The SMILES string of the molecule is O=c1nc2n(c3ccccc13)CC/C2=C/c1ccco1. The van der Waals surface area contributed by atoms with Crippen molar-refractivity contribution in [2.45, 2.75) is 13.0 Å². The Balaban J connectivity index is 1.97. The fourth-order valence-electron chi connectivity index (χ4n) is 2.72. The number of hydrogen-bond acceptors (Lipinski definition) is 3. The van der Waals surface area contributed by atoms with Gasteiger partial charge in [-0.25, -0.2) is 0 Å². The van der Waals surface area contributed by atoms with Crippen LogP contribution in [0.3, 0.4) is 0 Å². The first-order valence-corrected chi connectivity index (χ1v) is 6.57. The zero-order chi connectivity index (χ0) is 13.5. The van der Waals surface area contributed by atoms with E-state index in [2.05, 4.69) is 9.55 Å². The summed E-state index contributed by atoms with van der Waals surface area (Å²) in [5.74, 6) is 1.54. The van der Waals surface area contributed by atoms with Gasteiger partial charge in [-0.3, -0.25) is 4.79 Å². The lowest BCUT2D eigenvalue weighted by molar-refractivity contribution is 0.557. The number of hydrogen-bond donors (Lipinski definition) is 0. The number of para-hydroxylation sites is 1. The van der Waals surface area contributed by atoms with E-state index in [4.69, 9.17) is 4.42 Å².